The van der Waals surface area contributed by atoms with Gasteiger partial charge in [-0.3, -0.25) is 4.79 Å². The second-order valence-corrected chi connectivity index (χ2v) is 4.77. The molecule has 4 heteroatoms. The lowest BCUT2D eigenvalue weighted by Crippen LogP contribution is -2.30. The number of nitrogens with zero attached hydrogens (tertiary/aromatic N) is 1. The fourth-order valence-electron chi connectivity index (χ4n) is 2.28. The summed E-state index contributed by atoms with van der Waals surface area (Å²) in [5.41, 5.74) is 2.70. The summed E-state index contributed by atoms with van der Waals surface area (Å²) < 4.78 is 0. The van der Waals surface area contributed by atoms with Crippen LogP contribution in [0.1, 0.15) is 29.3 Å². The standard InChI is InChI=1S/C14H20N2O2/c1-3-15-13-8-10(2)4-5-12(13)14(18)16-7-6-11(17)9-16/h4-5,8,11,15,17H,3,6-7,9H2,1-2H3. The molecule has 1 aliphatic rings. The van der Waals surface area contributed by atoms with Gasteiger partial charge < -0.3 is 15.3 Å². The molecule has 18 heavy (non-hydrogen) atoms. The highest BCUT2D eigenvalue weighted by atomic mass is 16.3. The Morgan fingerprint density at radius 3 is 2.94 bits per heavy atom. The van der Waals surface area contributed by atoms with Crippen molar-refractivity contribution in [3.63, 3.8) is 0 Å². The van der Waals surface area contributed by atoms with Crippen molar-refractivity contribution in [1.82, 2.24) is 4.90 Å². The molecule has 0 bridgehead atoms. The van der Waals surface area contributed by atoms with E-state index in [0.717, 1.165) is 17.8 Å². The van der Waals surface area contributed by atoms with Crippen LogP contribution in [0.2, 0.25) is 0 Å². The van der Waals surface area contributed by atoms with Crippen molar-refractivity contribution >= 4 is 11.6 Å². The number of benzene rings is 1. The third-order valence-corrected chi connectivity index (χ3v) is 3.22. The summed E-state index contributed by atoms with van der Waals surface area (Å²) in [6.45, 7) is 5.88. The molecule has 1 unspecified atom stereocenters. The average Bonchev–Trinajstić information content (AvgIpc) is 2.76. The molecule has 98 valence electrons. The number of rotatable bonds is 3. The lowest BCUT2D eigenvalue weighted by atomic mass is 10.1. The second-order valence-electron chi connectivity index (χ2n) is 4.77. The van der Waals surface area contributed by atoms with Gasteiger partial charge in [0.2, 0.25) is 0 Å². The van der Waals surface area contributed by atoms with Crippen LogP contribution in [0.15, 0.2) is 18.2 Å². The first-order valence-corrected chi connectivity index (χ1v) is 6.43. The van der Waals surface area contributed by atoms with E-state index in [0.29, 0.717) is 25.1 Å². The van der Waals surface area contributed by atoms with Crippen LogP contribution in [0.4, 0.5) is 5.69 Å². The van der Waals surface area contributed by atoms with Gasteiger partial charge in [0, 0.05) is 25.3 Å². The summed E-state index contributed by atoms with van der Waals surface area (Å²) in [4.78, 5) is 14.1. The van der Waals surface area contributed by atoms with Gasteiger partial charge in [0.15, 0.2) is 0 Å². The Bertz CT molecular complexity index is 445. The molecule has 1 heterocycles. The molecule has 2 N–H and O–H groups in total. The number of hydrogen-bond acceptors (Lipinski definition) is 3. The molecule has 0 aliphatic carbocycles. The Hall–Kier alpha value is -1.55. The Morgan fingerprint density at radius 1 is 1.56 bits per heavy atom. The number of aryl methyl sites for hydroxylation is 1. The molecule has 0 spiro atoms. The summed E-state index contributed by atoms with van der Waals surface area (Å²) in [5, 5.41) is 12.7. The van der Waals surface area contributed by atoms with Crippen LogP contribution >= 0.6 is 0 Å². The molecule has 1 atom stereocenters. The largest absolute Gasteiger partial charge is 0.391 e. The third kappa shape index (κ3) is 2.64. The van der Waals surface area contributed by atoms with E-state index in [-0.39, 0.29) is 12.0 Å². The maximum absolute atomic E-state index is 12.4. The SMILES string of the molecule is CCNc1cc(C)ccc1C(=O)N1CCC(O)C1. The first-order chi connectivity index (χ1) is 8.61. The van der Waals surface area contributed by atoms with E-state index in [1.807, 2.05) is 32.0 Å². The maximum atomic E-state index is 12.4. The molecule has 1 aliphatic heterocycles. The number of nitrogens with one attached hydrogen (secondary N) is 1. The van der Waals surface area contributed by atoms with E-state index in [1.165, 1.54) is 0 Å². The Labute approximate surface area is 108 Å². The summed E-state index contributed by atoms with van der Waals surface area (Å²) in [7, 11) is 0. The molecular weight excluding hydrogens is 228 g/mol. The van der Waals surface area contributed by atoms with Crippen molar-refractivity contribution in [2.45, 2.75) is 26.4 Å². The van der Waals surface area contributed by atoms with Crippen molar-refractivity contribution in [3.05, 3.63) is 29.3 Å². The summed E-state index contributed by atoms with van der Waals surface area (Å²) >= 11 is 0. The first kappa shape index (κ1) is 12.9. The molecule has 1 fully saturated rings. The fraction of sp³-hybridized carbons (Fsp3) is 0.500. The fourth-order valence-corrected chi connectivity index (χ4v) is 2.28. The van der Waals surface area contributed by atoms with Gasteiger partial charge in [-0.05, 0) is 38.0 Å². The minimum absolute atomic E-state index is 0.00231. The number of amides is 1. The van der Waals surface area contributed by atoms with Crippen LogP contribution in [0.3, 0.4) is 0 Å². The van der Waals surface area contributed by atoms with Crippen LogP contribution in [0, 0.1) is 6.92 Å². The van der Waals surface area contributed by atoms with E-state index in [4.69, 9.17) is 0 Å². The summed E-state index contributed by atoms with van der Waals surface area (Å²) in [6.07, 6.45) is 0.302. The minimum Gasteiger partial charge on any atom is -0.391 e. The van der Waals surface area contributed by atoms with Crippen molar-refractivity contribution in [2.24, 2.45) is 0 Å². The van der Waals surface area contributed by atoms with E-state index in [1.54, 1.807) is 4.90 Å². The lowest BCUT2D eigenvalue weighted by Gasteiger charge is -2.18. The number of carbonyl (C=O) groups is 1. The summed E-state index contributed by atoms with van der Waals surface area (Å²) in [6, 6.07) is 5.80. The quantitative estimate of drug-likeness (QED) is 0.855. The number of carbonyl (C=O) groups excluding carboxylic acids is 1. The molecule has 1 amide bonds. The van der Waals surface area contributed by atoms with E-state index < -0.39 is 0 Å². The van der Waals surface area contributed by atoms with E-state index >= 15 is 0 Å². The van der Waals surface area contributed by atoms with Crippen LogP contribution in [0.5, 0.6) is 0 Å². The van der Waals surface area contributed by atoms with Gasteiger partial charge in [-0.15, -0.1) is 0 Å². The van der Waals surface area contributed by atoms with Crippen LogP contribution in [0.25, 0.3) is 0 Å². The van der Waals surface area contributed by atoms with Gasteiger partial charge in [0.1, 0.15) is 0 Å². The monoisotopic (exact) mass is 248 g/mol. The van der Waals surface area contributed by atoms with Gasteiger partial charge in [-0.2, -0.15) is 0 Å². The van der Waals surface area contributed by atoms with Crippen molar-refractivity contribution in [1.29, 1.82) is 0 Å². The minimum atomic E-state index is -0.373. The number of likely N-dealkylation sites (tertiary alicyclic amines) is 1. The number of hydrogen-bond donors (Lipinski definition) is 2. The molecule has 1 saturated heterocycles. The predicted octanol–water partition coefficient (Wildman–Crippen LogP) is 1.63. The van der Waals surface area contributed by atoms with Gasteiger partial charge in [0.25, 0.3) is 5.91 Å². The lowest BCUT2D eigenvalue weighted by molar-refractivity contribution is 0.0766. The number of β-amino-alcohol motifs (C(OH)–C–C–N with tert-alkyl or cyclic N) is 1. The van der Waals surface area contributed by atoms with Gasteiger partial charge in [-0.1, -0.05) is 6.07 Å². The first-order valence-electron chi connectivity index (χ1n) is 6.43. The number of aliphatic hydroxyl groups is 1. The van der Waals surface area contributed by atoms with Crippen molar-refractivity contribution in [2.75, 3.05) is 25.0 Å². The predicted molar refractivity (Wildman–Crippen MR) is 71.9 cm³/mol. The Kier molecular flexibility index (Phi) is 3.87. The molecule has 2 rings (SSSR count). The zero-order valence-corrected chi connectivity index (χ0v) is 10.9. The van der Waals surface area contributed by atoms with Gasteiger partial charge in [-0.25, -0.2) is 0 Å². The molecule has 0 saturated carbocycles. The average molecular weight is 248 g/mol. The molecule has 1 aromatic carbocycles. The molecule has 4 nitrogen and oxygen atoms in total. The van der Waals surface area contributed by atoms with Crippen molar-refractivity contribution in [3.8, 4) is 0 Å². The topological polar surface area (TPSA) is 52.6 Å². The number of anilines is 1. The number of aliphatic hydroxyl groups excluding tert-OH is 1. The second kappa shape index (κ2) is 5.40. The highest BCUT2D eigenvalue weighted by molar-refractivity contribution is 5.99. The third-order valence-electron chi connectivity index (χ3n) is 3.22. The van der Waals surface area contributed by atoms with E-state index in [9.17, 15) is 9.90 Å². The van der Waals surface area contributed by atoms with Gasteiger partial charge in [0.05, 0.1) is 11.7 Å². The van der Waals surface area contributed by atoms with Crippen LogP contribution in [-0.4, -0.2) is 41.7 Å². The van der Waals surface area contributed by atoms with Crippen LogP contribution < -0.4 is 5.32 Å². The highest BCUT2D eigenvalue weighted by Crippen LogP contribution is 2.21. The molecular formula is C14H20N2O2. The Morgan fingerprint density at radius 2 is 2.33 bits per heavy atom. The maximum Gasteiger partial charge on any atom is 0.256 e. The van der Waals surface area contributed by atoms with E-state index in [2.05, 4.69) is 5.32 Å². The zero-order chi connectivity index (χ0) is 13.1. The highest BCUT2D eigenvalue weighted by Gasteiger charge is 2.26. The van der Waals surface area contributed by atoms with Crippen molar-refractivity contribution < 1.29 is 9.90 Å². The molecule has 0 radical (unpaired) electrons. The smallest absolute Gasteiger partial charge is 0.256 e. The normalized spacial score (nSPS) is 19.1. The zero-order valence-electron chi connectivity index (χ0n) is 10.9. The summed E-state index contributed by atoms with van der Waals surface area (Å²) in [5.74, 6) is 0.00231. The van der Waals surface area contributed by atoms with Crippen LogP contribution in [-0.2, 0) is 0 Å². The molecule has 0 aromatic heterocycles. The Balaban J connectivity index is 2.23. The molecule has 1 aromatic rings. The van der Waals surface area contributed by atoms with Gasteiger partial charge >= 0.3 is 0 Å².